The molecular formula is C11H9F2NO5. The number of carboxylic acids is 1. The van der Waals surface area contributed by atoms with Gasteiger partial charge in [-0.1, -0.05) is 0 Å². The molecule has 0 fully saturated rings. The summed E-state index contributed by atoms with van der Waals surface area (Å²) in [7, 11) is 0. The Morgan fingerprint density at radius 1 is 1.53 bits per heavy atom. The Kier molecular flexibility index (Phi) is 4.51. The molecule has 0 heterocycles. The monoisotopic (exact) mass is 273 g/mol. The number of hydrogen-bond donors (Lipinski definition) is 1. The maximum Gasteiger partial charge on any atom is 0.387 e. The minimum Gasteiger partial charge on any atom is -0.478 e. The van der Waals surface area contributed by atoms with Gasteiger partial charge in [0, 0.05) is 6.08 Å². The first-order chi connectivity index (χ1) is 8.82. The first-order valence-corrected chi connectivity index (χ1v) is 4.96. The molecule has 0 aliphatic carbocycles. The van der Waals surface area contributed by atoms with Gasteiger partial charge in [0.1, 0.15) is 5.75 Å². The number of aliphatic carboxylic acids is 1. The average Bonchev–Trinajstić information content (AvgIpc) is 2.28. The van der Waals surface area contributed by atoms with Crippen LogP contribution in [0, 0.1) is 17.0 Å². The van der Waals surface area contributed by atoms with Crippen molar-refractivity contribution in [2.45, 2.75) is 13.5 Å². The summed E-state index contributed by atoms with van der Waals surface area (Å²) in [5.41, 5.74) is -0.583. The lowest BCUT2D eigenvalue weighted by Crippen LogP contribution is -2.05. The quantitative estimate of drug-likeness (QED) is 0.506. The molecule has 0 aromatic heterocycles. The van der Waals surface area contributed by atoms with Crippen LogP contribution < -0.4 is 4.74 Å². The fourth-order valence-corrected chi connectivity index (χ4v) is 1.46. The van der Waals surface area contributed by atoms with Gasteiger partial charge in [0.2, 0.25) is 0 Å². The normalized spacial score (nSPS) is 10.9. The lowest BCUT2D eigenvalue weighted by Gasteiger charge is -2.09. The van der Waals surface area contributed by atoms with Crippen LogP contribution in [-0.2, 0) is 4.79 Å². The van der Waals surface area contributed by atoms with E-state index in [1.807, 2.05) is 0 Å². The minimum absolute atomic E-state index is 0.00786. The number of ether oxygens (including phenoxy) is 1. The van der Waals surface area contributed by atoms with E-state index in [0.29, 0.717) is 0 Å². The smallest absolute Gasteiger partial charge is 0.387 e. The van der Waals surface area contributed by atoms with E-state index in [4.69, 9.17) is 5.11 Å². The predicted octanol–water partition coefficient (Wildman–Crippen LogP) is 2.60. The topological polar surface area (TPSA) is 89.7 Å². The molecule has 0 saturated carbocycles. The zero-order valence-corrected chi connectivity index (χ0v) is 9.67. The molecule has 0 unspecified atom stereocenters. The van der Waals surface area contributed by atoms with Crippen molar-refractivity contribution in [3.63, 3.8) is 0 Å². The van der Waals surface area contributed by atoms with Crippen molar-refractivity contribution in [3.05, 3.63) is 39.4 Å². The first-order valence-electron chi connectivity index (χ1n) is 4.96. The second kappa shape index (κ2) is 5.89. The van der Waals surface area contributed by atoms with E-state index in [2.05, 4.69) is 4.74 Å². The molecule has 1 N–H and O–H groups in total. The van der Waals surface area contributed by atoms with Crippen molar-refractivity contribution in [1.29, 1.82) is 0 Å². The largest absolute Gasteiger partial charge is 0.478 e. The third kappa shape index (κ3) is 3.73. The van der Waals surface area contributed by atoms with Crippen molar-refractivity contribution in [2.24, 2.45) is 0 Å². The van der Waals surface area contributed by atoms with Gasteiger partial charge in [-0.25, -0.2) is 4.79 Å². The fraction of sp³-hybridized carbons (Fsp3) is 0.182. The highest BCUT2D eigenvalue weighted by atomic mass is 19.3. The summed E-state index contributed by atoms with van der Waals surface area (Å²) in [6.45, 7) is -1.85. The molecular weight excluding hydrogens is 264 g/mol. The lowest BCUT2D eigenvalue weighted by atomic mass is 10.1. The van der Waals surface area contributed by atoms with Crippen LogP contribution in [0.1, 0.15) is 11.1 Å². The Hall–Kier alpha value is -2.51. The van der Waals surface area contributed by atoms with E-state index in [9.17, 15) is 23.7 Å². The van der Waals surface area contributed by atoms with Crippen LogP contribution in [0.4, 0.5) is 14.5 Å². The molecule has 19 heavy (non-hydrogen) atoms. The Balaban J connectivity index is 3.31. The third-order valence-electron chi connectivity index (χ3n) is 2.22. The van der Waals surface area contributed by atoms with Crippen LogP contribution in [0.15, 0.2) is 18.2 Å². The van der Waals surface area contributed by atoms with Crippen molar-refractivity contribution in [3.8, 4) is 5.75 Å². The van der Waals surface area contributed by atoms with E-state index in [-0.39, 0.29) is 16.9 Å². The summed E-state index contributed by atoms with van der Waals surface area (Å²) in [5.74, 6) is -1.60. The Bertz CT molecular complexity index is 542. The highest BCUT2D eigenvalue weighted by molar-refractivity contribution is 5.86. The molecule has 1 rings (SSSR count). The molecule has 0 saturated heterocycles. The van der Waals surface area contributed by atoms with Gasteiger partial charge in [0.25, 0.3) is 5.69 Å². The first kappa shape index (κ1) is 14.6. The van der Waals surface area contributed by atoms with Crippen molar-refractivity contribution in [2.75, 3.05) is 0 Å². The summed E-state index contributed by atoms with van der Waals surface area (Å²) < 4.78 is 28.3. The average molecular weight is 273 g/mol. The van der Waals surface area contributed by atoms with Crippen molar-refractivity contribution >= 4 is 17.7 Å². The number of nitro groups is 1. The van der Waals surface area contributed by atoms with E-state index in [1.54, 1.807) is 0 Å². The fourth-order valence-electron chi connectivity index (χ4n) is 1.46. The Labute approximate surface area is 106 Å². The standard InChI is InChI=1S/C11H9F2NO5/c1-6-8(19-11(12)13)4-2-7(3-5-9(15)16)10(6)14(17)18/h2-5,11H,1H3,(H,15,16)/b5-3+. The molecule has 0 aliphatic heterocycles. The van der Waals surface area contributed by atoms with Crippen LogP contribution in [0.5, 0.6) is 5.75 Å². The molecule has 0 bridgehead atoms. The van der Waals surface area contributed by atoms with Gasteiger partial charge < -0.3 is 9.84 Å². The maximum absolute atomic E-state index is 12.1. The zero-order valence-electron chi connectivity index (χ0n) is 9.67. The molecule has 0 atom stereocenters. The highest BCUT2D eigenvalue weighted by Gasteiger charge is 2.21. The van der Waals surface area contributed by atoms with Gasteiger partial charge in [-0.3, -0.25) is 10.1 Å². The molecule has 102 valence electrons. The molecule has 0 radical (unpaired) electrons. The minimum atomic E-state index is -3.10. The predicted molar refractivity (Wildman–Crippen MR) is 61.1 cm³/mol. The molecule has 8 heteroatoms. The summed E-state index contributed by atoms with van der Waals surface area (Å²) in [5, 5.41) is 19.4. The Morgan fingerprint density at radius 3 is 2.63 bits per heavy atom. The molecule has 0 spiro atoms. The lowest BCUT2D eigenvalue weighted by molar-refractivity contribution is -0.385. The van der Waals surface area contributed by atoms with E-state index >= 15 is 0 Å². The molecule has 6 nitrogen and oxygen atoms in total. The van der Waals surface area contributed by atoms with Gasteiger partial charge in [-0.15, -0.1) is 0 Å². The zero-order chi connectivity index (χ0) is 14.6. The number of nitro benzene ring substituents is 1. The van der Waals surface area contributed by atoms with Crippen molar-refractivity contribution < 1.29 is 28.3 Å². The number of nitrogens with zero attached hydrogens (tertiary/aromatic N) is 1. The van der Waals surface area contributed by atoms with Gasteiger partial charge in [0.15, 0.2) is 0 Å². The summed E-state index contributed by atoms with van der Waals surface area (Å²) in [4.78, 5) is 20.5. The number of carboxylic acid groups (broad SMARTS) is 1. The number of carbonyl (C=O) groups is 1. The molecule has 0 amide bonds. The van der Waals surface area contributed by atoms with Crippen LogP contribution in [-0.4, -0.2) is 22.6 Å². The number of benzene rings is 1. The maximum atomic E-state index is 12.1. The van der Waals surface area contributed by atoms with Crippen LogP contribution in [0.3, 0.4) is 0 Å². The summed E-state index contributed by atoms with van der Waals surface area (Å²) >= 11 is 0. The van der Waals surface area contributed by atoms with Gasteiger partial charge in [-0.2, -0.15) is 8.78 Å². The molecule has 1 aromatic rings. The second-order valence-electron chi connectivity index (χ2n) is 3.43. The second-order valence-corrected chi connectivity index (χ2v) is 3.43. The van der Waals surface area contributed by atoms with E-state index in [0.717, 1.165) is 24.3 Å². The number of alkyl halides is 2. The Morgan fingerprint density at radius 2 is 2.16 bits per heavy atom. The van der Waals surface area contributed by atoms with Gasteiger partial charge in [-0.05, 0) is 25.1 Å². The van der Waals surface area contributed by atoms with Crippen LogP contribution >= 0.6 is 0 Å². The summed E-state index contributed by atoms with van der Waals surface area (Å²) in [6, 6.07) is 2.26. The van der Waals surface area contributed by atoms with E-state index in [1.165, 1.54) is 6.92 Å². The SMILES string of the molecule is Cc1c(OC(F)F)ccc(/C=C/C(=O)O)c1[N+](=O)[O-]. The third-order valence-corrected chi connectivity index (χ3v) is 2.22. The highest BCUT2D eigenvalue weighted by Crippen LogP contribution is 2.32. The summed E-state index contributed by atoms with van der Waals surface area (Å²) in [6.07, 6.45) is 1.73. The van der Waals surface area contributed by atoms with Crippen LogP contribution in [0.25, 0.3) is 6.08 Å². The van der Waals surface area contributed by atoms with E-state index < -0.39 is 23.2 Å². The number of halogens is 2. The molecule has 0 aliphatic rings. The van der Waals surface area contributed by atoms with Crippen molar-refractivity contribution in [1.82, 2.24) is 0 Å². The molecule has 1 aromatic carbocycles. The number of rotatable bonds is 5. The number of hydrogen-bond acceptors (Lipinski definition) is 4. The van der Waals surface area contributed by atoms with Crippen LogP contribution in [0.2, 0.25) is 0 Å². The van der Waals surface area contributed by atoms with Gasteiger partial charge in [0.05, 0.1) is 16.1 Å². The van der Waals surface area contributed by atoms with Gasteiger partial charge >= 0.3 is 12.6 Å².